The van der Waals surface area contributed by atoms with E-state index in [1.807, 2.05) is 19.2 Å². The van der Waals surface area contributed by atoms with Gasteiger partial charge in [-0.05, 0) is 37.6 Å². The van der Waals surface area contributed by atoms with Crippen LogP contribution >= 0.6 is 0 Å². The fraction of sp³-hybridized carbons (Fsp3) is 0.375. The largest absolute Gasteiger partial charge is 0.494 e. The van der Waals surface area contributed by atoms with E-state index in [9.17, 15) is 9.18 Å². The number of hydrogen-bond acceptors (Lipinski definition) is 3. The minimum Gasteiger partial charge on any atom is -0.494 e. The molecule has 0 fully saturated rings. The Balaban J connectivity index is 1.87. The highest BCUT2D eigenvalue weighted by Crippen LogP contribution is 2.21. The summed E-state index contributed by atoms with van der Waals surface area (Å²) in [6.45, 7) is 4.25. The third kappa shape index (κ3) is 4.70. The van der Waals surface area contributed by atoms with Gasteiger partial charge < -0.3 is 15.4 Å². The number of carbonyl (C=O) groups is 1. The van der Waals surface area contributed by atoms with Crippen LogP contribution in [0.15, 0.2) is 36.7 Å². The van der Waals surface area contributed by atoms with Crippen molar-refractivity contribution in [1.29, 1.82) is 0 Å². The number of rotatable bonds is 6. The maximum absolute atomic E-state index is 13.7. The average molecular weight is 320 g/mol. The van der Waals surface area contributed by atoms with Gasteiger partial charge in [0.2, 0.25) is 0 Å². The van der Waals surface area contributed by atoms with Gasteiger partial charge in [0.05, 0.1) is 19.7 Å². The molecule has 124 valence electrons. The normalized spacial score (nSPS) is 13.2. The number of aromatic nitrogens is 2. The van der Waals surface area contributed by atoms with E-state index in [0.29, 0.717) is 12.1 Å². The molecule has 0 aliphatic rings. The van der Waals surface area contributed by atoms with E-state index in [1.165, 1.54) is 13.2 Å². The second-order valence-corrected chi connectivity index (χ2v) is 5.36. The molecule has 2 N–H and O–H groups in total. The predicted octanol–water partition coefficient (Wildman–Crippen LogP) is 2.48. The number of benzene rings is 1. The number of urea groups is 1. The number of nitrogens with one attached hydrogen (secondary N) is 2. The van der Waals surface area contributed by atoms with Crippen molar-refractivity contribution < 1.29 is 13.9 Å². The van der Waals surface area contributed by atoms with E-state index < -0.39 is 5.82 Å². The van der Waals surface area contributed by atoms with Crippen LogP contribution in [0.2, 0.25) is 0 Å². The monoisotopic (exact) mass is 320 g/mol. The van der Waals surface area contributed by atoms with Crippen LogP contribution in [-0.4, -0.2) is 29.0 Å². The molecule has 0 bridgehead atoms. The zero-order valence-corrected chi connectivity index (χ0v) is 13.4. The minimum absolute atomic E-state index is 0.0882. The number of amides is 2. The Morgan fingerprint density at radius 3 is 2.78 bits per heavy atom. The molecule has 7 heteroatoms. The highest BCUT2D eigenvalue weighted by molar-refractivity contribution is 5.74. The summed E-state index contributed by atoms with van der Waals surface area (Å²) in [6.07, 6.45) is 3.52. The van der Waals surface area contributed by atoms with E-state index >= 15 is 0 Å². The first-order valence-corrected chi connectivity index (χ1v) is 7.37. The highest BCUT2D eigenvalue weighted by atomic mass is 19.1. The highest BCUT2D eigenvalue weighted by Gasteiger charge is 2.14. The lowest BCUT2D eigenvalue weighted by Crippen LogP contribution is -2.43. The first kappa shape index (κ1) is 16.8. The van der Waals surface area contributed by atoms with Crippen LogP contribution in [0.25, 0.3) is 0 Å². The zero-order chi connectivity index (χ0) is 16.8. The van der Waals surface area contributed by atoms with Gasteiger partial charge in [0.25, 0.3) is 0 Å². The van der Waals surface area contributed by atoms with Gasteiger partial charge in [0.1, 0.15) is 0 Å². The molecule has 6 nitrogen and oxygen atoms in total. The Morgan fingerprint density at radius 1 is 1.39 bits per heavy atom. The number of ether oxygens (including phenoxy) is 1. The van der Waals surface area contributed by atoms with Crippen LogP contribution < -0.4 is 15.4 Å². The molecule has 2 amide bonds. The molecule has 0 aliphatic heterocycles. The molecule has 1 heterocycles. The number of hydrogen-bond donors (Lipinski definition) is 2. The fourth-order valence-corrected chi connectivity index (χ4v) is 2.23. The van der Waals surface area contributed by atoms with E-state index in [0.717, 1.165) is 0 Å². The summed E-state index contributed by atoms with van der Waals surface area (Å²) >= 11 is 0. The third-order valence-corrected chi connectivity index (χ3v) is 3.42. The van der Waals surface area contributed by atoms with Crippen LogP contribution in [0.1, 0.15) is 25.5 Å². The van der Waals surface area contributed by atoms with E-state index in [1.54, 1.807) is 29.9 Å². The zero-order valence-electron chi connectivity index (χ0n) is 13.4. The van der Waals surface area contributed by atoms with Gasteiger partial charge in [-0.3, -0.25) is 4.68 Å². The van der Waals surface area contributed by atoms with Crippen LogP contribution in [0, 0.1) is 5.82 Å². The topological polar surface area (TPSA) is 68.2 Å². The van der Waals surface area contributed by atoms with Crippen molar-refractivity contribution in [2.24, 2.45) is 0 Å². The molecule has 0 spiro atoms. The minimum atomic E-state index is -0.453. The predicted molar refractivity (Wildman–Crippen MR) is 84.7 cm³/mol. The lowest BCUT2D eigenvalue weighted by Gasteiger charge is -2.19. The molecule has 0 saturated heterocycles. The van der Waals surface area contributed by atoms with E-state index in [-0.39, 0.29) is 23.9 Å². The van der Waals surface area contributed by atoms with Crippen molar-refractivity contribution in [2.45, 2.75) is 32.5 Å². The Hall–Kier alpha value is -2.57. The van der Waals surface area contributed by atoms with Crippen LogP contribution in [0.5, 0.6) is 5.75 Å². The summed E-state index contributed by atoms with van der Waals surface area (Å²) in [5, 5.41) is 9.70. The van der Waals surface area contributed by atoms with Gasteiger partial charge in [-0.2, -0.15) is 5.10 Å². The summed E-state index contributed by atoms with van der Waals surface area (Å²) in [4.78, 5) is 12.0. The Bertz CT molecular complexity index is 646. The summed E-state index contributed by atoms with van der Waals surface area (Å²) in [7, 11) is 1.41. The maximum atomic E-state index is 13.7. The number of nitrogens with zero attached hydrogens (tertiary/aromatic N) is 2. The first-order chi connectivity index (χ1) is 11.0. The fourth-order valence-electron chi connectivity index (χ4n) is 2.23. The Labute approximate surface area is 134 Å². The summed E-state index contributed by atoms with van der Waals surface area (Å²) in [5.74, 6) is -0.274. The third-order valence-electron chi connectivity index (χ3n) is 3.42. The molecule has 0 aliphatic carbocycles. The van der Waals surface area contributed by atoms with Crippen molar-refractivity contribution in [3.63, 3.8) is 0 Å². The summed E-state index contributed by atoms with van der Waals surface area (Å²) in [6, 6.07) is 5.72. The average Bonchev–Trinajstić information content (AvgIpc) is 2.99. The van der Waals surface area contributed by atoms with Crippen molar-refractivity contribution in [1.82, 2.24) is 20.4 Å². The second-order valence-electron chi connectivity index (χ2n) is 5.36. The molecule has 0 radical (unpaired) electrons. The lowest BCUT2D eigenvalue weighted by atomic mass is 10.1. The molecule has 23 heavy (non-hydrogen) atoms. The van der Waals surface area contributed by atoms with Gasteiger partial charge >= 0.3 is 6.03 Å². The number of halogens is 1. The Kier molecular flexibility index (Phi) is 5.56. The number of carbonyl (C=O) groups excluding carboxylic acids is 1. The molecule has 0 saturated carbocycles. The number of methoxy groups -OCH3 is 1. The molecular weight excluding hydrogens is 299 g/mol. The molecular formula is C16H21FN4O2. The van der Waals surface area contributed by atoms with Crippen LogP contribution in [0.3, 0.4) is 0 Å². The quantitative estimate of drug-likeness (QED) is 0.859. The SMILES string of the molecule is COc1ccc(C(C)NC(=O)NC(C)Cn2cccn2)cc1F. The summed E-state index contributed by atoms with van der Waals surface area (Å²) < 4.78 is 20.3. The summed E-state index contributed by atoms with van der Waals surface area (Å²) in [5.41, 5.74) is 0.665. The van der Waals surface area contributed by atoms with Crippen LogP contribution in [0.4, 0.5) is 9.18 Å². The molecule has 1 aromatic carbocycles. The van der Waals surface area contributed by atoms with E-state index in [2.05, 4.69) is 15.7 Å². The van der Waals surface area contributed by atoms with Gasteiger partial charge in [-0.15, -0.1) is 0 Å². The van der Waals surface area contributed by atoms with Crippen molar-refractivity contribution >= 4 is 6.03 Å². The molecule has 2 atom stereocenters. The first-order valence-electron chi connectivity index (χ1n) is 7.37. The standard InChI is InChI=1S/C16H21FN4O2/c1-11(10-21-8-4-7-18-21)19-16(22)20-12(2)13-5-6-15(23-3)14(17)9-13/h4-9,11-12H,10H2,1-3H3,(H2,19,20,22). The van der Waals surface area contributed by atoms with Crippen molar-refractivity contribution in [3.05, 3.63) is 48.0 Å². The van der Waals surface area contributed by atoms with E-state index in [4.69, 9.17) is 4.74 Å². The maximum Gasteiger partial charge on any atom is 0.315 e. The van der Waals surface area contributed by atoms with Gasteiger partial charge in [0.15, 0.2) is 11.6 Å². The molecule has 2 unspecified atom stereocenters. The molecule has 2 aromatic rings. The second kappa shape index (κ2) is 7.62. The lowest BCUT2D eigenvalue weighted by molar-refractivity contribution is 0.233. The van der Waals surface area contributed by atoms with Gasteiger partial charge in [-0.25, -0.2) is 9.18 Å². The van der Waals surface area contributed by atoms with Gasteiger partial charge in [0, 0.05) is 18.4 Å². The van der Waals surface area contributed by atoms with Crippen molar-refractivity contribution in [2.75, 3.05) is 7.11 Å². The Morgan fingerprint density at radius 2 is 2.17 bits per heavy atom. The van der Waals surface area contributed by atoms with Crippen LogP contribution in [-0.2, 0) is 6.54 Å². The molecule has 1 aromatic heterocycles. The smallest absolute Gasteiger partial charge is 0.315 e. The van der Waals surface area contributed by atoms with Crippen molar-refractivity contribution in [3.8, 4) is 5.75 Å². The molecule has 2 rings (SSSR count). The van der Waals surface area contributed by atoms with Gasteiger partial charge in [-0.1, -0.05) is 6.07 Å².